The van der Waals surface area contributed by atoms with Crippen molar-refractivity contribution in [3.05, 3.63) is 281 Å². The van der Waals surface area contributed by atoms with Crippen molar-refractivity contribution < 1.29 is 0 Å². The third-order valence-corrected chi connectivity index (χ3v) is 30.4. The first-order chi connectivity index (χ1) is 60.3. The summed E-state index contributed by atoms with van der Waals surface area (Å²) in [6.45, 7) is 107. The molecule has 16 aromatic rings. The van der Waals surface area contributed by atoms with E-state index >= 15 is 0 Å². The zero-order chi connectivity index (χ0) is 98.0. The first-order valence-electron chi connectivity index (χ1n) is 46.3. The highest BCUT2D eigenvalue weighted by Gasteiger charge is 2.23. The zero-order valence-corrected chi connectivity index (χ0v) is 89.3. The number of aromatic nitrogens is 14. The minimum Gasteiger partial charge on any atom is -0.258 e. The Morgan fingerprint density at radius 3 is 0.377 bits per heavy atom. The van der Waals surface area contributed by atoms with E-state index in [4.69, 9.17) is 0 Å². The summed E-state index contributed by atoms with van der Waals surface area (Å²) >= 11 is 0. The van der Waals surface area contributed by atoms with E-state index < -0.39 is 0 Å². The molecule has 0 aliphatic carbocycles. The summed E-state index contributed by atoms with van der Waals surface area (Å²) in [6.07, 6.45) is 0. The van der Waals surface area contributed by atoms with Gasteiger partial charge in [0.05, 0.1) is 50.0 Å². The molecule has 8 aromatic carbocycles. The smallest absolute Gasteiger partial charge is 0.126 e. The lowest BCUT2D eigenvalue weighted by Gasteiger charge is -2.18. The van der Waals surface area contributed by atoms with Gasteiger partial charge >= 0.3 is 0 Å². The van der Waals surface area contributed by atoms with Crippen LogP contribution in [0.4, 0.5) is 0 Å². The molecule has 0 radical (unpaired) electrons. The van der Waals surface area contributed by atoms with Crippen molar-refractivity contribution in [1.29, 1.82) is 0 Å². The van der Waals surface area contributed by atoms with E-state index in [1.807, 2.05) is 48.5 Å². The summed E-state index contributed by atoms with van der Waals surface area (Å²) in [7, 11) is 0. The summed E-state index contributed by atoms with van der Waals surface area (Å²) < 4.78 is 0. The summed E-state index contributed by atoms with van der Waals surface area (Å²) in [6, 6.07) is 0. The molecule has 8 heterocycles. The molecule has 0 atom stereocenters. The summed E-state index contributed by atoms with van der Waals surface area (Å²) in [5.41, 5.74) is 65.5. The van der Waals surface area contributed by atoms with Crippen LogP contribution in [0.1, 0.15) is 281 Å². The predicted octanol–water partition coefficient (Wildman–Crippen LogP) is 29.7. The Morgan fingerprint density at radius 2 is 0.208 bits per heavy atom. The molecule has 0 N–H and O–H groups in total. The molecule has 684 valence electrons. The van der Waals surface area contributed by atoms with Crippen molar-refractivity contribution in [2.75, 3.05) is 0 Å². The van der Waals surface area contributed by atoms with Crippen LogP contribution in [0.3, 0.4) is 0 Å². The molecule has 0 amide bonds. The quantitative estimate of drug-likeness (QED) is 0.140. The van der Waals surface area contributed by atoms with Crippen LogP contribution in [-0.2, 0) is 0 Å². The molecule has 8 aromatic heterocycles. The highest BCUT2D eigenvalue weighted by molar-refractivity contribution is 5.98. The van der Waals surface area contributed by atoms with Gasteiger partial charge in [0, 0.05) is 88.9 Å². The van der Waals surface area contributed by atoms with Gasteiger partial charge in [0.25, 0.3) is 0 Å². The van der Waals surface area contributed by atoms with Crippen molar-refractivity contribution in [2.45, 2.75) is 346 Å². The van der Waals surface area contributed by atoms with E-state index in [1.165, 1.54) is 238 Å². The lowest BCUT2D eigenvalue weighted by molar-refractivity contribution is 1.04. The third-order valence-electron chi connectivity index (χ3n) is 30.4. The fraction of sp³-hybridized carbons (Fsp3) is 0.431. The summed E-state index contributed by atoms with van der Waals surface area (Å²) in [5.74, 6) is 4.29. The van der Waals surface area contributed by atoms with Gasteiger partial charge in [0.2, 0.25) is 0 Å². The zero-order valence-electron chi connectivity index (χ0n) is 89.3. The second-order valence-corrected chi connectivity index (χ2v) is 37.8. The van der Waals surface area contributed by atoms with Crippen LogP contribution in [0, 0.1) is 346 Å². The fourth-order valence-electron chi connectivity index (χ4n) is 19.5. The van der Waals surface area contributed by atoms with Gasteiger partial charge in [-0.2, -0.15) is 0 Å². The van der Waals surface area contributed by atoms with Crippen LogP contribution in [0.5, 0.6) is 0 Å². The molecular weight excluding hydrogens is 1590 g/mol. The molecule has 14 nitrogen and oxygen atoms in total. The Hall–Kier alpha value is -11.4. The highest BCUT2D eigenvalue weighted by Crippen LogP contribution is 2.39. The van der Waals surface area contributed by atoms with E-state index in [2.05, 4.69) is 367 Å². The van der Waals surface area contributed by atoms with Gasteiger partial charge < -0.3 is 0 Å². The molecule has 0 bridgehead atoms. The number of fused-ring (bicyclic) bond motifs is 8. The Balaban J connectivity index is 0.000000167. The van der Waals surface area contributed by atoms with E-state index in [1.54, 1.807) is 0 Å². The molecule has 0 spiro atoms. The van der Waals surface area contributed by atoms with Crippen LogP contribution in [0.15, 0.2) is 0 Å². The number of nitrogens with zero attached hydrogens (tertiary/aromatic N) is 14. The van der Waals surface area contributed by atoms with Gasteiger partial charge in [-0.15, -0.1) is 0 Å². The van der Waals surface area contributed by atoms with Crippen LogP contribution in [0.25, 0.3) is 87.1 Å². The fourth-order valence-corrected chi connectivity index (χ4v) is 19.5. The van der Waals surface area contributed by atoms with E-state index in [9.17, 15) is 0 Å². The van der Waals surface area contributed by atoms with Crippen molar-refractivity contribution in [3.8, 4) is 0 Å². The van der Waals surface area contributed by atoms with Crippen LogP contribution >= 0.6 is 0 Å². The highest BCUT2D eigenvalue weighted by atomic mass is 14.9. The maximum absolute atomic E-state index is 4.68. The van der Waals surface area contributed by atoms with Crippen LogP contribution < -0.4 is 0 Å². The minimum atomic E-state index is 0.857. The van der Waals surface area contributed by atoms with E-state index in [0.717, 1.165) is 130 Å². The van der Waals surface area contributed by atoms with E-state index in [-0.39, 0.29) is 0 Å². The molecule has 14 heteroatoms. The second kappa shape index (κ2) is 39.7. The topological polar surface area (TPSA) is 180 Å². The van der Waals surface area contributed by atoms with E-state index in [0.29, 0.717) is 0 Å². The SMILES string of the molecule is Cc1nc(C)c2c(C)c(C)c(C)c(C)c2c1C.Cc1nc(C)c2c(C)c(C)c(C)c(C)c2c1C.Cc1nc(C)c2c(C)c(C)c(C)c(C)c2n1.Cc1nc(C)c2c(C)c(C)c(C)c(C)c2n1.Cc1nc(C)c2c(C)c(C)c(C)c(C)c2n1.Cc1nc(C)c2c(C)c(C)c(C)c(C)c2n1.Cc1nc(C)c2c(C)c(C)c(C)c(C)c2n1.Cc1nc2c(C)c(C)c(C)c(C)c2nc1C. The molecule has 0 saturated carbocycles. The molecule has 0 fully saturated rings. The Bertz CT molecular complexity index is 6570. The predicted molar refractivity (Wildman–Crippen MR) is 558 cm³/mol. The molecule has 130 heavy (non-hydrogen) atoms. The average molecular weight is 1740 g/mol. The largest absolute Gasteiger partial charge is 0.258 e. The Labute approximate surface area is 779 Å². The van der Waals surface area contributed by atoms with Crippen molar-refractivity contribution >= 4 is 87.1 Å². The second-order valence-electron chi connectivity index (χ2n) is 37.8. The maximum Gasteiger partial charge on any atom is 0.126 e. The number of rotatable bonds is 0. The van der Waals surface area contributed by atoms with Crippen molar-refractivity contribution in [3.63, 3.8) is 0 Å². The molecule has 0 saturated heterocycles. The van der Waals surface area contributed by atoms with Gasteiger partial charge in [-0.3, -0.25) is 9.97 Å². The number of pyridine rings is 2. The van der Waals surface area contributed by atoms with Gasteiger partial charge in [-0.1, -0.05) is 0 Å². The molecule has 0 aliphatic heterocycles. The molecule has 16 rings (SSSR count). The van der Waals surface area contributed by atoms with Gasteiger partial charge in [0.15, 0.2) is 0 Å². The van der Waals surface area contributed by atoms with Crippen molar-refractivity contribution in [2.24, 2.45) is 0 Å². The minimum absolute atomic E-state index is 0.857. The third kappa shape index (κ3) is 19.2. The van der Waals surface area contributed by atoms with Crippen molar-refractivity contribution in [1.82, 2.24) is 69.8 Å². The van der Waals surface area contributed by atoms with Gasteiger partial charge in [-0.25, -0.2) is 59.8 Å². The lowest BCUT2D eigenvalue weighted by atomic mass is 9.89. The normalized spacial score (nSPS) is 11.2. The number of benzene rings is 8. The monoisotopic (exact) mass is 1740 g/mol. The van der Waals surface area contributed by atoms with Gasteiger partial charge in [-0.05, 0) is 546 Å². The van der Waals surface area contributed by atoms with Crippen LogP contribution in [0.2, 0.25) is 0 Å². The Morgan fingerprint density at radius 1 is 0.0769 bits per heavy atom. The maximum atomic E-state index is 4.68. The number of hydrogen-bond donors (Lipinski definition) is 0. The standard InChI is InChI=1S/2C16H21N.6C14H18N2/c2*1-8-9(2)11(4)16-14(7)17-13(6)12(5)15(16)10(8)3;5*1-7-8(2)10(4)14-13(9(7)3)11(5)15-12(6)16-14;1-7-8(2)10(4)14-13(9(7)3)15-11(5)12(6)16-14/h2*1-7H3;6*1-6H3. The van der Waals surface area contributed by atoms with Crippen LogP contribution in [-0.4, -0.2) is 69.8 Å². The molecule has 0 aliphatic rings. The number of aryl methyl sites for hydroxylation is 34. The first-order valence-corrected chi connectivity index (χ1v) is 46.3. The summed E-state index contributed by atoms with van der Waals surface area (Å²) in [4.78, 5) is 64.0. The molecule has 0 unspecified atom stereocenters. The summed E-state index contributed by atoms with van der Waals surface area (Å²) in [5, 5.41) is 11.7. The Kier molecular flexibility index (Phi) is 31.3. The van der Waals surface area contributed by atoms with Gasteiger partial charge in [0.1, 0.15) is 29.1 Å². The molecular formula is C116H150N14. The average Bonchev–Trinajstić information content (AvgIpc) is 0.746. The first kappa shape index (κ1) is 102. The number of hydrogen-bond acceptors (Lipinski definition) is 14. The lowest BCUT2D eigenvalue weighted by Crippen LogP contribution is -2.01.